The predicted molar refractivity (Wildman–Crippen MR) is 70.0 cm³/mol. The van der Waals surface area contributed by atoms with Crippen molar-refractivity contribution in [2.45, 2.75) is 32.7 Å². The van der Waals surface area contributed by atoms with Crippen LogP contribution in [0.1, 0.15) is 27.2 Å². The second-order valence-corrected chi connectivity index (χ2v) is 4.22. The van der Waals surface area contributed by atoms with Crippen molar-refractivity contribution in [1.82, 2.24) is 9.97 Å². The molecule has 17 heavy (non-hydrogen) atoms. The van der Waals surface area contributed by atoms with E-state index in [2.05, 4.69) is 20.6 Å². The number of hydrogen-bond acceptors (Lipinski definition) is 6. The van der Waals surface area contributed by atoms with Crippen LogP contribution in [-0.4, -0.2) is 33.8 Å². The van der Waals surface area contributed by atoms with Gasteiger partial charge in [-0.05, 0) is 20.3 Å². The molecule has 0 radical (unpaired) electrons. The zero-order valence-corrected chi connectivity index (χ0v) is 10.6. The third-order valence-corrected chi connectivity index (χ3v) is 2.66. The van der Waals surface area contributed by atoms with Gasteiger partial charge in [0.1, 0.15) is 11.6 Å². The van der Waals surface area contributed by atoms with Crippen molar-refractivity contribution in [3.8, 4) is 0 Å². The van der Waals surface area contributed by atoms with Crippen molar-refractivity contribution in [1.29, 1.82) is 0 Å². The summed E-state index contributed by atoms with van der Waals surface area (Å²) < 4.78 is 0. The molecular formula is C11H21N5O. The van der Waals surface area contributed by atoms with Gasteiger partial charge < -0.3 is 21.5 Å². The lowest BCUT2D eigenvalue weighted by Gasteiger charge is -2.28. The van der Waals surface area contributed by atoms with E-state index < -0.39 is 5.54 Å². The number of aliphatic hydroxyl groups excluding tert-OH is 1. The Balaban J connectivity index is 2.90. The molecule has 1 aromatic rings. The summed E-state index contributed by atoms with van der Waals surface area (Å²) in [5.41, 5.74) is 5.23. The zero-order valence-electron chi connectivity index (χ0n) is 10.6. The first kappa shape index (κ1) is 13.5. The molecule has 0 spiro atoms. The smallest absolute Gasteiger partial charge is 0.223 e. The molecule has 0 fully saturated rings. The van der Waals surface area contributed by atoms with Gasteiger partial charge in [0.05, 0.1) is 12.1 Å². The first-order chi connectivity index (χ1) is 8.03. The van der Waals surface area contributed by atoms with Gasteiger partial charge >= 0.3 is 0 Å². The van der Waals surface area contributed by atoms with Crippen LogP contribution in [0.15, 0.2) is 6.07 Å². The number of anilines is 3. The molecule has 0 amide bonds. The monoisotopic (exact) mass is 239 g/mol. The van der Waals surface area contributed by atoms with Crippen molar-refractivity contribution in [3.63, 3.8) is 0 Å². The summed E-state index contributed by atoms with van der Waals surface area (Å²) in [6.45, 7) is 6.71. The molecule has 0 aromatic carbocycles. The largest absolute Gasteiger partial charge is 0.394 e. The Morgan fingerprint density at radius 3 is 2.53 bits per heavy atom. The lowest BCUT2D eigenvalue weighted by molar-refractivity contribution is 0.218. The summed E-state index contributed by atoms with van der Waals surface area (Å²) in [5, 5.41) is 15.6. The van der Waals surface area contributed by atoms with E-state index in [1.165, 1.54) is 0 Å². The molecular weight excluding hydrogens is 218 g/mol. The lowest BCUT2D eigenvalue weighted by Crippen LogP contribution is -2.38. The number of nitrogens with one attached hydrogen (secondary N) is 2. The molecule has 0 aliphatic heterocycles. The SMILES string of the molecule is CCNc1cc(NC(C)(CC)CO)nc(N)n1. The molecule has 1 aromatic heterocycles. The molecule has 0 saturated carbocycles. The van der Waals surface area contributed by atoms with E-state index in [1.807, 2.05) is 20.8 Å². The molecule has 5 N–H and O–H groups in total. The van der Waals surface area contributed by atoms with Crippen LogP contribution < -0.4 is 16.4 Å². The minimum atomic E-state index is -0.399. The molecule has 0 aliphatic rings. The molecule has 0 bridgehead atoms. The minimum Gasteiger partial charge on any atom is -0.394 e. The van der Waals surface area contributed by atoms with Gasteiger partial charge in [0.15, 0.2) is 0 Å². The highest BCUT2D eigenvalue weighted by molar-refractivity contribution is 5.52. The first-order valence-electron chi connectivity index (χ1n) is 5.80. The fraction of sp³-hybridized carbons (Fsp3) is 0.636. The van der Waals surface area contributed by atoms with Crippen LogP contribution in [-0.2, 0) is 0 Å². The van der Waals surface area contributed by atoms with Crippen LogP contribution in [0.25, 0.3) is 0 Å². The van der Waals surface area contributed by atoms with Gasteiger partial charge in [-0.25, -0.2) is 0 Å². The van der Waals surface area contributed by atoms with Crippen molar-refractivity contribution in [2.75, 3.05) is 29.5 Å². The Morgan fingerprint density at radius 2 is 2.00 bits per heavy atom. The number of nitrogens with zero attached hydrogens (tertiary/aromatic N) is 2. The average molecular weight is 239 g/mol. The molecule has 1 unspecified atom stereocenters. The van der Waals surface area contributed by atoms with Crippen LogP contribution in [0.2, 0.25) is 0 Å². The Labute approximate surface area is 102 Å². The highest BCUT2D eigenvalue weighted by Crippen LogP contribution is 2.19. The van der Waals surface area contributed by atoms with Crippen molar-refractivity contribution in [2.24, 2.45) is 0 Å². The van der Waals surface area contributed by atoms with Gasteiger partial charge in [-0.3, -0.25) is 0 Å². The quantitative estimate of drug-likeness (QED) is 0.593. The van der Waals surface area contributed by atoms with Crippen molar-refractivity contribution in [3.05, 3.63) is 6.07 Å². The maximum absolute atomic E-state index is 9.34. The summed E-state index contributed by atoms with van der Waals surface area (Å²) in [6, 6.07) is 1.78. The van der Waals surface area contributed by atoms with Gasteiger partial charge in [-0.2, -0.15) is 9.97 Å². The number of nitrogen functional groups attached to an aromatic ring is 1. The topological polar surface area (TPSA) is 96.1 Å². The zero-order chi connectivity index (χ0) is 12.9. The summed E-state index contributed by atoms with van der Waals surface area (Å²) in [6.07, 6.45) is 0.782. The normalized spacial score (nSPS) is 14.1. The van der Waals surface area contributed by atoms with E-state index in [9.17, 15) is 5.11 Å². The molecule has 96 valence electrons. The standard InChI is InChI=1S/C11H21N5O/c1-4-11(3,7-17)16-9-6-8(13-5-2)14-10(12)15-9/h6,17H,4-5,7H2,1-3H3,(H4,12,13,14,15,16). The molecule has 0 aliphatic carbocycles. The van der Waals surface area contributed by atoms with E-state index in [1.54, 1.807) is 6.07 Å². The average Bonchev–Trinajstić information content (AvgIpc) is 2.28. The van der Waals surface area contributed by atoms with Crippen LogP contribution in [0, 0.1) is 0 Å². The van der Waals surface area contributed by atoms with Gasteiger partial charge in [0, 0.05) is 12.6 Å². The Kier molecular flexibility index (Phi) is 4.51. The number of rotatable bonds is 6. The third-order valence-electron chi connectivity index (χ3n) is 2.66. The van der Waals surface area contributed by atoms with Gasteiger partial charge in [0.25, 0.3) is 0 Å². The Bertz CT molecular complexity index is 365. The fourth-order valence-corrected chi connectivity index (χ4v) is 1.35. The van der Waals surface area contributed by atoms with Gasteiger partial charge in [0.2, 0.25) is 5.95 Å². The number of hydrogen-bond donors (Lipinski definition) is 4. The highest BCUT2D eigenvalue weighted by Gasteiger charge is 2.21. The number of aliphatic hydroxyl groups is 1. The van der Waals surface area contributed by atoms with Crippen LogP contribution in [0.4, 0.5) is 17.6 Å². The molecule has 1 atom stereocenters. The van der Waals surface area contributed by atoms with E-state index in [4.69, 9.17) is 5.73 Å². The fourth-order valence-electron chi connectivity index (χ4n) is 1.35. The molecule has 6 heteroatoms. The summed E-state index contributed by atoms with van der Waals surface area (Å²) >= 11 is 0. The summed E-state index contributed by atoms with van der Waals surface area (Å²) in [7, 11) is 0. The molecule has 1 heterocycles. The van der Waals surface area contributed by atoms with E-state index in [0.29, 0.717) is 11.6 Å². The first-order valence-corrected chi connectivity index (χ1v) is 5.80. The molecule has 0 saturated heterocycles. The van der Waals surface area contributed by atoms with E-state index in [-0.39, 0.29) is 12.6 Å². The maximum Gasteiger partial charge on any atom is 0.223 e. The van der Waals surface area contributed by atoms with Gasteiger partial charge in [-0.1, -0.05) is 6.92 Å². The number of aromatic nitrogens is 2. The maximum atomic E-state index is 9.34. The minimum absolute atomic E-state index is 0.0317. The Morgan fingerprint density at radius 1 is 1.35 bits per heavy atom. The lowest BCUT2D eigenvalue weighted by atomic mass is 10.0. The number of nitrogens with two attached hydrogens (primary N) is 1. The van der Waals surface area contributed by atoms with E-state index >= 15 is 0 Å². The van der Waals surface area contributed by atoms with Gasteiger partial charge in [-0.15, -0.1) is 0 Å². The molecule has 6 nitrogen and oxygen atoms in total. The predicted octanol–water partition coefficient (Wildman–Crippen LogP) is 1.06. The van der Waals surface area contributed by atoms with Crippen molar-refractivity contribution >= 4 is 17.6 Å². The van der Waals surface area contributed by atoms with Crippen LogP contribution >= 0.6 is 0 Å². The highest BCUT2D eigenvalue weighted by atomic mass is 16.3. The van der Waals surface area contributed by atoms with Crippen molar-refractivity contribution < 1.29 is 5.11 Å². The summed E-state index contributed by atoms with van der Waals surface area (Å²) in [5.74, 6) is 1.51. The Hall–Kier alpha value is -1.56. The third kappa shape index (κ3) is 3.74. The van der Waals surface area contributed by atoms with Crippen LogP contribution in [0.3, 0.4) is 0 Å². The second-order valence-electron chi connectivity index (χ2n) is 4.22. The van der Waals surface area contributed by atoms with E-state index in [0.717, 1.165) is 13.0 Å². The summed E-state index contributed by atoms with van der Waals surface area (Å²) in [4.78, 5) is 8.16. The molecule has 1 rings (SSSR count). The van der Waals surface area contributed by atoms with Crippen LogP contribution in [0.5, 0.6) is 0 Å². The second kappa shape index (κ2) is 5.67.